The number of piperidine rings is 1. The summed E-state index contributed by atoms with van der Waals surface area (Å²) in [6, 6.07) is 6.22. The van der Waals surface area contributed by atoms with Gasteiger partial charge in [0.2, 0.25) is 0 Å². The molecule has 1 fully saturated rings. The summed E-state index contributed by atoms with van der Waals surface area (Å²) < 4.78 is 28.9. The molecule has 7 heteroatoms. The minimum Gasteiger partial charge on any atom is -0.384 e. The molecule has 2 unspecified atom stereocenters. The van der Waals surface area contributed by atoms with E-state index in [1.807, 2.05) is 0 Å². The van der Waals surface area contributed by atoms with Crippen LogP contribution in [0.25, 0.3) is 0 Å². The first-order valence-electron chi connectivity index (χ1n) is 7.77. The smallest absolute Gasteiger partial charge is 0.251 e. The van der Waals surface area contributed by atoms with Crippen LogP contribution in [0.15, 0.2) is 29.2 Å². The van der Waals surface area contributed by atoms with Gasteiger partial charge in [-0.25, -0.2) is 8.42 Å². The van der Waals surface area contributed by atoms with E-state index in [9.17, 15) is 13.2 Å². The number of carbonyl (C=O) groups is 1. The topological polar surface area (TPSA) is 84.5 Å². The molecule has 0 aliphatic carbocycles. The van der Waals surface area contributed by atoms with Gasteiger partial charge in [0.25, 0.3) is 5.91 Å². The number of ether oxygens (including phenoxy) is 1. The summed E-state index contributed by atoms with van der Waals surface area (Å²) in [5.74, 6) is 0.146. The number of methoxy groups -OCH3 is 1. The number of carbonyl (C=O) groups excluding carboxylic acids is 1. The Morgan fingerprint density at radius 3 is 2.65 bits per heavy atom. The highest BCUT2D eigenvalue weighted by atomic mass is 32.2. The van der Waals surface area contributed by atoms with Crippen LogP contribution in [0.3, 0.4) is 0 Å². The van der Waals surface area contributed by atoms with E-state index < -0.39 is 9.84 Å². The largest absolute Gasteiger partial charge is 0.384 e. The lowest BCUT2D eigenvalue weighted by Gasteiger charge is -2.30. The van der Waals surface area contributed by atoms with Crippen LogP contribution in [0.4, 0.5) is 0 Å². The molecular weight excluding hydrogens is 316 g/mol. The van der Waals surface area contributed by atoms with Gasteiger partial charge < -0.3 is 15.4 Å². The number of hydrogen-bond acceptors (Lipinski definition) is 5. The second-order valence-electron chi connectivity index (χ2n) is 5.89. The lowest BCUT2D eigenvalue weighted by atomic mass is 9.95. The minimum absolute atomic E-state index is 0.0678. The Hall–Kier alpha value is -1.44. The molecule has 1 aliphatic heterocycles. The number of benzene rings is 1. The molecule has 0 bridgehead atoms. The molecule has 1 aromatic carbocycles. The quantitative estimate of drug-likeness (QED) is 0.801. The maximum absolute atomic E-state index is 12.3. The zero-order valence-electron chi connectivity index (χ0n) is 13.5. The van der Waals surface area contributed by atoms with E-state index in [0.717, 1.165) is 19.5 Å². The summed E-state index contributed by atoms with van der Waals surface area (Å²) in [5, 5.41) is 6.32. The van der Waals surface area contributed by atoms with E-state index in [2.05, 4.69) is 17.6 Å². The van der Waals surface area contributed by atoms with Crippen LogP contribution in [0.2, 0.25) is 0 Å². The molecule has 0 aromatic heterocycles. The molecule has 0 spiro atoms. The number of nitrogens with one attached hydrogen (secondary N) is 2. The molecule has 23 heavy (non-hydrogen) atoms. The minimum atomic E-state index is -3.37. The van der Waals surface area contributed by atoms with Crippen LogP contribution in [-0.2, 0) is 14.6 Å². The Morgan fingerprint density at radius 2 is 2.04 bits per heavy atom. The number of hydrogen-bond donors (Lipinski definition) is 2. The molecule has 1 aliphatic rings. The van der Waals surface area contributed by atoms with Crippen LogP contribution < -0.4 is 10.6 Å². The lowest BCUT2D eigenvalue weighted by Crippen LogP contribution is -2.48. The highest BCUT2D eigenvalue weighted by Crippen LogP contribution is 2.14. The molecular formula is C16H24N2O4S. The third-order valence-corrected chi connectivity index (χ3v) is 5.83. The Kier molecular flexibility index (Phi) is 6.15. The third kappa shape index (κ3) is 4.76. The summed E-state index contributed by atoms with van der Waals surface area (Å²) in [4.78, 5) is 12.5. The molecule has 128 valence electrons. The Balaban J connectivity index is 2.02. The number of amides is 1. The molecule has 1 heterocycles. The monoisotopic (exact) mass is 340 g/mol. The van der Waals surface area contributed by atoms with Gasteiger partial charge in [0.1, 0.15) is 0 Å². The van der Waals surface area contributed by atoms with Crippen LogP contribution >= 0.6 is 0 Å². The zero-order chi connectivity index (χ0) is 16.9. The van der Waals surface area contributed by atoms with Crippen molar-refractivity contribution in [2.45, 2.75) is 24.3 Å². The van der Waals surface area contributed by atoms with E-state index in [-0.39, 0.29) is 29.2 Å². The summed E-state index contributed by atoms with van der Waals surface area (Å²) in [7, 11) is -1.90. The molecule has 1 aromatic rings. The second-order valence-corrected chi connectivity index (χ2v) is 8.00. The van der Waals surface area contributed by atoms with Gasteiger partial charge in [-0.1, -0.05) is 6.92 Å². The van der Waals surface area contributed by atoms with Crippen molar-refractivity contribution in [3.63, 3.8) is 0 Å². The van der Waals surface area contributed by atoms with Crippen molar-refractivity contribution in [2.24, 2.45) is 5.92 Å². The van der Waals surface area contributed by atoms with Crippen LogP contribution in [0, 0.1) is 5.92 Å². The molecule has 0 radical (unpaired) electrons. The molecule has 1 saturated heterocycles. The normalized spacial score (nSPS) is 21.8. The second kappa shape index (κ2) is 7.90. The van der Waals surface area contributed by atoms with E-state index >= 15 is 0 Å². The zero-order valence-corrected chi connectivity index (χ0v) is 14.4. The third-order valence-electron chi connectivity index (χ3n) is 4.13. The van der Waals surface area contributed by atoms with Gasteiger partial charge >= 0.3 is 0 Å². The van der Waals surface area contributed by atoms with E-state index in [1.165, 1.54) is 19.2 Å². The maximum Gasteiger partial charge on any atom is 0.251 e. The van der Waals surface area contributed by atoms with Gasteiger partial charge in [0.05, 0.1) is 17.3 Å². The van der Waals surface area contributed by atoms with Gasteiger partial charge in [-0.05, 0) is 49.7 Å². The van der Waals surface area contributed by atoms with Crippen LogP contribution in [-0.4, -0.2) is 52.9 Å². The van der Waals surface area contributed by atoms with Crippen molar-refractivity contribution in [1.29, 1.82) is 0 Å². The molecule has 2 atom stereocenters. The van der Waals surface area contributed by atoms with E-state index in [0.29, 0.717) is 11.5 Å². The van der Waals surface area contributed by atoms with Crippen molar-refractivity contribution in [3.05, 3.63) is 29.8 Å². The van der Waals surface area contributed by atoms with Crippen molar-refractivity contribution in [1.82, 2.24) is 10.6 Å². The molecule has 6 nitrogen and oxygen atoms in total. The first kappa shape index (κ1) is 17.9. The summed E-state index contributed by atoms with van der Waals surface area (Å²) in [6.07, 6.45) is 0.899. The fraction of sp³-hybridized carbons (Fsp3) is 0.562. The molecule has 1 amide bonds. The molecule has 2 N–H and O–H groups in total. The van der Waals surface area contributed by atoms with Crippen molar-refractivity contribution in [2.75, 3.05) is 32.6 Å². The number of sulfone groups is 1. The van der Waals surface area contributed by atoms with E-state index in [1.54, 1.807) is 12.1 Å². The Bertz CT molecular complexity index is 628. The molecule has 2 rings (SSSR count). The van der Waals surface area contributed by atoms with Gasteiger partial charge in [-0.15, -0.1) is 0 Å². The Morgan fingerprint density at radius 1 is 1.35 bits per heavy atom. The maximum atomic E-state index is 12.3. The molecule has 0 saturated carbocycles. The van der Waals surface area contributed by atoms with Gasteiger partial charge in [0.15, 0.2) is 9.84 Å². The SMILES string of the molecule is COCCS(=O)(=O)c1ccc(C(=O)NC2CCNCC2C)cc1. The summed E-state index contributed by atoms with van der Waals surface area (Å²) >= 11 is 0. The first-order valence-corrected chi connectivity index (χ1v) is 9.42. The summed E-state index contributed by atoms with van der Waals surface area (Å²) in [6.45, 7) is 4.04. The Labute approximate surface area is 137 Å². The standard InChI is InChI=1S/C16H24N2O4S/c1-12-11-17-8-7-15(12)18-16(19)13-3-5-14(6-4-13)23(20,21)10-9-22-2/h3-6,12,15,17H,7-11H2,1-2H3,(H,18,19). The lowest BCUT2D eigenvalue weighted by molar-refractivity contribution is 0.0914. The van der Waals surface area contributed by atoms with Gasteiger partial charge in [-0.3, -0.25) is 4.79 Å². The number of rotatable bonds is 6. The predicted octanol–water partition coefficient (Wildman–Crippen LogP) is 0.835. The van der Waals surface area contributed by atoms with Gasteiger partial charge in [-0.2, -0.15) is 0 Å². The fourth-order valence-corrected chi connectivity index (χ4v) is 3.78. The van der Waals surface area contributed by atoms with Crippen LogP contribution in [0.5, 0.6) is 0 Å². The summed E-state index contributed by atoms with van der Waals surface area (Å²) in [5.41, 5.74) is 0.474. The first-order chi connectivity index (χ1) is 10.9. The predicted molar refractivity (Wildman–Crippen MR) is 88.3 cm³/mol. The van der Waals surface area contributed by atoms with Crippen LogP contribution in [0.1, 0.15) is 23.7 Å². The van der Waals surface area contributed by atoms with Crippen molar-refractivity contribution in [3.8, 4) is 0 Å². The highest BCUT2D eigenvalue weighted by Gasteiger charge is 2.23. The van der Waals surface area contributed by atoms with E-state index in [4.69, 9.17) is 4.74 Å². The van der Waals surface area contributed by atoms with Crippen molar-refractivity contribution < 1.29 is 17.9 Å². The van der Waals surface area contributed by atoms with Gasteiger partial charge in [0, 0.05) is 18.7 Å². The van der Waals surface area contributed by atoms with Crippen molar-refractivity contribution >= 4 is 15.7 Å². The highest BCUT2D eigenvalue weighted by molar-refractivity contribution is 7.91. The average Bonchev–Trinajstić information content (AvgIpc) is 2.55. The fourth-order valence-electron chi connectivity index (χ4n) is 2.60. The average molecular weight is 340 g/mol.